The van der Waals surface area contributed by atoms with Gasteiger partial charge in [0.25, 0.3) is 0 Å². The molecule has 0 saturated heterocycles. The molecule has 25 heavy (non-hydrogen) atoms. The molecule has 0 bridgehead atoms. The van der Waals surface area contributed by atoms with Crippen molar-refractivity contribution in [3.63, 3.8) is 0 Å². The Kier molecular flexibility index (Phi) is 4.65. The molecule has 6 nitrogen and oxygen atoms in total. The van der Waals surface area contributed by atoms with Crippen molar-refractivity contribution in [3.8, 4) is 0 Å². The number of aliphatic carboxylic acids is 1. The van der Waals surface area contributed by atoms with E-state index in [1.165, 1.54) is 22.8 Å². The lowest BCUT2D eigenvalue weighted by Crippen LogP contribution is -2.29. The highest BCUT2D eigenvalue weighted by Gasteiger charge is 2.19. The second kappa shape index (κ2) is 6.74. The molecular weight excluding hydrogens is 367 g/mol. The van der Waals surface area contributed by atoms with E-state index in [9.17, 15) is 14.4 Å². The molecule has 0 atom stereocenters. The third-order valence-corrected chi connectivity index (χ3v) is 4.30. The first-order chi connectivity index (χ1) is 11.9. The zero-order chi connectivity index (χ0) is 18.1. The molecular formula is C17H12Cl2N2O4. The van der Waals surface area contributed by atoms with Crippen LogP contribution in [-0.2, 0) is 17.9 Å². The minimum Gasteiger partial charge on any atom is -0.480 e. The summed E-state index contributed by atoms with van der Waals surface area (Å²) in [5.41, 5.74) is 0.604. The number of fused-ring (bicyclic) bond motifs is 1. The predicted octanol–water partition coefficient (Wildman–Crippen LogP) is 3.08. The van der Waals surface area contributed by atoms with Gasteiger partial charge in [-0.3, -0.25) is 18.7 Å². The summed E-state index contributed by atoms with van der Waals surface area (Å²) >= 11 is 11.9. The standard InChI is InChI=1S/C17H12Cl2N2O4/c18-10-5-6-11(12(19)7-10)15(22)8-20-13-3-1-2-4-14(13)21(17(20)25)9-16(23)24/h1-7H,8-9H2,(H,23,24). The van der Waals surface area contributed by atoms with Gasteiger partial charge in [0.1, 0.15) is 6.54 Å². The van der Waals surface area contributed by atoms with Crippen LogP contribution in [0.4, 0.5) is 0 Å². The van der Waals surface area contributed by atoms with Crippen molar-refractivity contribution >= 4 is 46.0 Å². The summed E-state index contributed by atoms with van der Waals surface area (Å²) in [5, 5.41) is 9.61. The monoisotopic (exact) mass is 378 g/mol. The molecule has 0 aliphatic rings. The highest BCUT2D eigenvalue weighted by Crippen LogP contribution is 2.22. The number of hydrogen-bond acceptors (Lipinski definition) is 3. The molecule has 1 heterocycles. The fourth-order valence-corrected chi connectivity index (χ4v) is 3.17. The predicted molar refractivity (Wildman–Crippen MR) is 94.6 cm³/mol. The Bertz CT molecular complexity index is 1050. The number of Topliss-reactive ketones (excluding diaryl/α,β-unsaturated/α-hetero) is 1. The van der Waals surface area contributed by atoms with Gasteiger partial charge in [0, 0.05) is 10.6 Å². The summed E-state index contributed by atoms with van der Waals surface area (Å²) in [6.45, 7) is -0.741. The summed E-state index contributed by atoms with van der Waals surface area (Å²) in [6.07, 6.45) is 0. The van der Waals surface area contributed by atoms with Gasteiger partial charge in [0.2, 0.25) is 0 Å². The summed E-state index contributed by atoms with van der Waals surface area (Å²) in [4.78, 5) is 36.2. The molecule has 128 valence electrons. The second-order valence-corrected chi connectivity index (χ2v) is 6.23. The van der Waals surface area contributed by atoms with Gasteiger partial charge in [-0.05, 0) is 30.3 Å². The molecule has 0 radical (unpaired) electrons. The van der Waals surface area contributed by atoms with Crippen LogP contribution in [0.5, 0.6) is 0 Å². The number of carbonyl (C=O) groups is 2. The normalized spacial score (nSPS) is 11.0. The second-order valence-electron chi connectivity index (χ2n) is 5.38. The maximum absolute atomic E-state index is 12.6. The first kappa shape index (κ1) is 17.3. The maximum Gasteiger partial charge on any atom is 0.330 e. The highest BCUT2D eigenvalue weighted by molar-refractivity contribution is 6.36. The zero-order valence-electron chi connectivity index (χ0n) is 12.8. The Morgan fingerprint density at radius 2 is 1.56 bits per heavy atom. The Hall–Kier alpha value is -2.57. The molecule has 0 fully saturated rings. The van der Waals surface area contributed by atoms with Crippen LogP contribution in [0.15, 0.2) is 47.3 Å². The van der Waals surface area contributed by atoms with Crippen LogP contribution in [0.3, 0.4) is 0 Å². The molecule has 0 spiro atoms. The molecule has 0 amide bonds. The number of benzene rings is 2. The van der Waals surface area contributed by atoms with Crippen LogP contribution in [0.2, 0.25) is 10.0 Å². The van der Waals surface area contributed by atoms with E-state index in [1.54, 1.807) is 24.3 Å². The average molecular weight is 379 g/mol. The van der Waals surface area contributed by atoms with Gasteiger partial charge >= 0.3 is 11.7 Å². The van der Waals surface area contributed by atoms with Crippen molar-refractivity contribution < 1.29 is 14.7 Å². The molecule has 8 heteroatoms. The molecule has 0 unspecified atom stereocenters. The summed E-state index contributed by atoms with van der Waals surface area (Å²) in [7, 11) is 0. The fourth-order valence-electron chi connectivity index (χ4n) is 2.66. The molecule has 0 saturated carbocycles. The van der Waals surface area contributed by atoms with E-state index in [0.29, 0.717) is 16.1 Å². The number of rotatable bonds is 5. The van der Waals surface area contributed by atoms with Gasteiger partial charge in [-0.15, -0.1) is 0 Å². The van der Waals surface area contributed by atoms with Crippen LogP contribution in [0, 0.1) is 0 Å². The van der Waals surface area contributed by atoms with E-state index in [4.69, 9.17) is 28.3 Å². The van der Waals surface area contributed by atoms with Crippen LogP contribution in [0.25, 0.3) is 11.0 Å². The van der Waals surface area contributed by atoms with Crippen molar-refractivity contribution in [1.82, 2.24) is 9.13 Å². The lowest BCUT2D eigenvalue weighted by Gasteiger charge is -2.05. The summed E-state index contributed by atoms with van der Waals surface area (Å²) < 4.78 is 2.36. The Morgan fingerprint density at radius 3 is 2.12 bits per heavy atom. The van der Waals surface area contributed by atoms with E-state index < -0.39 is 18.2 Å². The number of carboxylic acid groups (broad SMARTS) is 1. The van der Waals surface area contributed by atoms with E-state index in [0.717, 1.165) is 4.57 Å². The lowest BCUT2D eigenvalue weighted by atomic mass is 10.1. The first-order valence-corrected chi connectivity index (χ1v) is 8.02. The van der Waals surface area contributed by atoms with Gasteiger partial charge in [-0.1, -0.05) is 35.3 Å². The molecule has 0 aliphatic carbocycles. The fraction of sp³-hybridized carbons (Fsp3) is 0.118. The number of halogens is 2. The Balaban J connectivity index is 2.07. The number of para-hydroxylation sites is 2. The molecule has 0 aliphatic heterocycles. The van der Waals surface area contributed by atoms with E-state index in [2.05, 4.69) is 0 Å². The lowest BCUT2D eigenvalue weighted by molar-refractivity contribution is -0.137. The third kappa shape index (κ3) is 3.31. The number of nitrogens with zero attached hydrogens (tertiary/aromatic N) is 2. The van der Waals surface area contributed by atoms with Crippen LogP contribution < -0.4 is 5.69 Å². The largest absolute Gasteiger partial charge is 0.480 e. The van der Waals surface area contributed by atoms with Crippen molar-refractivity contribution in [2.24, 2.45) is 0 Å². The number of carbonyl (C=O) groups excluding carboxylic acids is 1. The van der Waals surface area contributed by atoms with Gasteiger partial charge < -0.3 is 5.11 Å². The van der Waals surface area contributed by atoms with Crippen molar-refractivity contribution in [2.45, 2.75) is 13.1 Å². The number of hydrogen-bond donors (Lipinski definition) is 1. The smallest absolute Gasteiger partial charge is 0.330 e. The first-order valence-electron chi connectivity index (χ1n) is 7.26. The average Bonchev–Trinajstić information content (AvgIpc) is 2.80. The van der Waals surface area contributed by atoms with Crippen LogP contribution >= 0.6 is 23.2 Å². The molecule has 3 rings (SSSR count). The van der Waals surface area contributed by atoms with E-state index in [1.807, 2.05) is 0 Å². The molecule has 3 aromatic rings. The SMILES string of the molecule is O=C(O)Cn1c(=O)n(CC(=O)c2ccc(Cl)cc2Cl)c2ccccc21. The van der Waals surface area contributed by atoms with Gasteiger partial charge in [0.15, 0.2) is 5.78 Å². The van der Waals surface area contributed by atoms with E-state index >= 15 is 0 Å². The minimum atomic E-state index is -1.14. The Morgan fingerprint density at radius 1 is 0.960 bits per heavy atom. The quantitative estimate of drug-likeness (QED) is 0.691. The third-order valence-electron chi connectivity index (χ3n) is 3.75. The van der Waals surface area contributed by atoms with Crippen LogP contribution in [0.1, 0.15) is 10.4 Å². The highest BCUT2D eigenvalue weighted by atomic mass is 35.5. The van der Waals surface area contributed by atoms with Gasteiger partial charge in [0.05, 0.1) is 22.6 Å². The van der Waals surface area contributed by atoms with Gasteiger partial charge in [-0.2, -0.15) is 0 Å². The van der Waals surface area contributed by atoms with Gasteiger partial charge in [-0.25, -0.2) is 4.79 Å². The summed E-state index contributed by atoms with van der Waals surface area (Å²) in [5.74, 6) is -1.51. The molecule has 1 aromatic heterocycles. The van der Waals surface area contributed by atoms with E-state index in [-0.39, 0.29) is 22.9 Å². The van der Waals surface area contributed by atoms with Crippen LogP contribution in [-0.4, -0.2) is 26.0 Å². The number of aromatic nitrogens is 2. The molecule has 1 N–H and O–H groups in total. The zero-order valence-corrected chi connectivity index (χ0v) is 14.3. The number of imidazole rings is 1. The minimum absolute atomic E-state index is 0.194. The Labute approximate surface area is 151 Å². The summed E-state index contributed by atoms with van der Waals surface area (Å²) in [6, 6.07) is 11.2. The van der Waals surface area contributed by atoms with Crippen molar-refractivity contribution in [2.75, 3.05) is 0 Å². The number of ketones is 1. The maximum atomic E-state index is 12.6. The molecule has 2 aromatic carbocycles. The topological polar surface area (TPSA) is 81.3 Å². The van der Waals surface area contributed by atoms with Crippen molar-refractivity contribution in [1.29, 1.82) is 0 Å². The number of carboxylic acids is 1. The van der Waals surface area contributed by atoms with Crippen molar-refractivity contribution in [3.05, 3.63) is 68.6 Å².